The van der Waals surface area contributed by atoms with Gasteiger partial charge in [-0.05, 0) is 22.9 Å². The second-order valence-electron chi connectivity index (χ2n) is 7.20. The minimum Gasteiger partial charge on any atom is -0.463 e. The predicted molar refractivity (Wildman–Crippen MR) is 96.5 cm³/mol. The maximum atomic E-state index is 13.1. The van der Waals surface area contributed by atoms with Gasteiger partial charge in [-0.25, -0.2) is 0 Å². The van der Waals surface area contributed by atoms with Gasteiger partial charge in [0.15, 0.2) is 11.6 Å². The topological polar surface area (TPSA) is 101 Å². The van der Waals surface area contributed by atoms with Crippen LogP contribution in [0, 0.1) is 0 Å². The van der Waals surface area contributed by atoms with Crippen molar-refractivity contribution in [2.24, 2.45) is 0 Å². The molecule has 27 heavy (non-hydrogen) atoms. The Balaban J connectivity index is 1.80. The van der Waals surface area contributed by atoms with Crippen LogP contribution in [0.2, 0.25) is 0 Å². The second kappa shape index (κ2) is 6.11. The number of fused-ring (bicyclic) bond motifs is 2. The van der Waals surface area contributed by atoms with Crippen LogP contribution >= 0.6 is 0 Å². The van der Waals surface area contributed by atoms with Crippen molar-refractivity contribution >= 4 is 28.3 Å². The minimum absolute atomic E-state index is 0.0373. The number of Topliss-reactive ketones (excluding diaryl/α,β-unsaturated/α-hetero) is 2. The van der Waals surface area contributed by atoms with Gasteiger partial charge in [0.1, 0.15) is 12.2 Å². The number of hydrogen-bond acceptors (Lipinski definition) is 6. The molecule has 0 saturated carbocycles. The molecule has 2 aliphatic carbocycles. The first-order valence-electron chi connectivity index (χ1n) is 8.68. The van der Waals surface area contributed by atoms with Crippen molar-refractivity contribution in [3.63, 3.8) is 0 Å². The summed E-state index contributed by atoms with van der Waals surface area (Å²) in [5, 5.41) is 22.9. The number of benzene rings is 2. The van der Waals surface area contributed by atoms with Crippen molar-refractivity contribution in [3.8, 4) is 0 Å². The van der Waals surface area contributed by atoms with E-state index in [9.17, 15) is 24.6 Å². The molecule has 0 radical (unpaired) electrons. The van der Waals surface area contributed by atoms with E-state index in [1.54, 1.807) is 12.1 Å². The Morgan fingerprint density at radius 2 is 1.74 bits per heavy atom. The SMILES string of the molecule is CC(=O)OCC1(O)CC2=C(C(=O)c3cc4ccccc4cc3C2=O)[C@@H](O)C1. The minimum atomic E-state index is -1.59. The number of aliphatic hydroxyl groups excluding tert-OH is 1. The lowest BCUT2D eigenvalue weighted by molar-refractivity contribution is -0.151. The lowest BCUT2D eigenvalue weighted by Gasteiger charge is -2.38. The number of carbonyl (C=O) groups excluding carboxylic acids is 3. The van der Waals surface area contributed by atoms with Crippen LogP contribution in [0.5, 0.6) is 0 Å². The average molecular weight is 366 g/mol. The van der Waals surface area contributed by atoms with E-state index in [0.29, 0.717) is 0 Å². The van der Waals surface area contributed by atoms with Crippen LogP contribution in [0.15, 0.2) is 47.5 Å². The molecule has 2 N–H and O–H groups in total. The highest BCUT2D eigenvalue weighted by atomic mass is 16.5. The molecule has 0 bridgehead atoms. The number of carbonyl (C=O) groups is 3. The van der Waals surface area contributed by atoms with Crippen molar-refractivity contribution in [2.75, 3.05) is 6.61 Å². The molecule has 2 aromatic carbocycles. The van der Waals surface area contributed by atoms with Gasteiger partial charge in [-0.15, -0.1) is 0 Å². The lowest BCUT2D eigenvalue weighted by Crippen LogP contribution is -2.47. The lowest BCUT2D eigenvalue weighted by atomic mass is 9.71. The van der Waals surface area contributed by atoms with Gasteiger partial charge >= 0.3 is 5.97 Å². The summed E-state index contributed by atoms with van der Waals surface area (Å²) in [5.41, 5.74) is -0.927. The Hall–Kier alpha value is -2.83. The van der Waals surface area contributed by atoms with Crippen LogP contribution in [-0.2, 0) is 9.53 Å². The quantitative estimate of drug-likeness (QED) is 0.788. The Kier molecular flexibility index (Phi) is 3.98. The largest absolute Gasteiger partial charge is 0.463 e. The third kappa shape index (κ3) is 2.87. The van der Waals surface area contributed by atoms with Crippen LogP contribution in [0.4, 0.5) is 0 Å². The van der Waals surface area contributed by atoms with Crippen molar-refractivity contribution in [2.45, 2.75) is 31.5 Å². The molecule has 6 heteroatoms. The first-order chi connectivity index (χ1) is 12.8. The fraction of sp³-hybridized carbons (Fsp3) is 0.286. The van der Waals surface area contributed by atoms with Gasteiger partial charge in [0, 0.05) is 42.0 Å². The van der Waals surface area contributed by atoms with Gasteiger partial charge in [-0.3, -0.25) is 14.4 Å². The van der Waals surface area contributed by atoms with Crippen LogP contribution in [0.3, 0.4) is 0 Å². The van der Waals surface area contributed by atoms with Gasteiger partial charge in [0.25, 0.3) is 0 Å². The van der Waals surface area contributed by atoms with E-state index in [4.69, 9.17) is 4.74 Å². The summed E-state index contributed by atoms with van der Waals surface area (Å²) in [6.45, 7) is 0.867. The smallest absolute Gasteiger partial charge is 0.302 e. The summed E-state index contributed by atoms with van der Waals surface area (Å²) in [6, 6.07) is 10.7. The van der Waals surface area contributed by atoms with Gasteiger partial charge in [0.05, 0.1) is 6.10 Å². The summed E-state index contributed by atoms with van der Waals surface area (Å²) in [6.07, 6.45) is -1.63. The molecule has 6 nitrogen and oxygen atoms in total. The highest BCUT2D eigenvalue weighted by Crippen LogP contribution is 2.40. The number of aliphatic hydroxyl groups is 2. The molecule has 0 aliphatic heterocycles. The number of ketones is 2. The van der Waals surface area contributed by atoms with Crippen molar-refractivity contribution < 1.29 is 29.3 Å². The van der Waals surface area contributed by atoms with Gasteiger partial charge < -0.3 is 14.9 Å². The molecule has 138 valence electrons. The highest BCUT2D eigenvalue weighted by molar-refractivity contribution is 6.28. The molecule has 0 spiro atoms. The molecular weight excluding hydrogens is 348 g/mol. The van der Waals surface area contributed by atoms with Crippen molar-refractivity contribution in [1.29, 1.82) is 0 Å². The molecule has 4 rings (SSSR count). The number of ether oxygens (including phenoxy) is 1. The summed E-state index contributed by atoms with van der Waals surface area (Å²) in [5.74, 6) is -1.35. The molecule has 0 amide bonds. The molecular formula is C21H18O6. The summed E-state index contributed by atoms with van der Waals surface area (Å²) >= 11 is 0. The van der Waals surface area contributed by atoms with Crippen LogP contribution in [0.25, 0.3) is 10.8 Å². The fourth-order valence-electron chi connectivity index (χ4n) is 3.92. The number of rotatable bonds is 2. The van der Waals surface area contributed by atoms with E-state index in [1.165, 1.54) is 6.92 Å². The Morgan fingerprint density at radius 1 is 1.15 bits per heavy atom. The zero-order valence-electron chi connectivity index (χ0n) is 14.7. The van der Waals surface area contributed by atoms with Gasteiger partial charge in [0.2, 0.25) is 0 Å². The summed E-state index contributed by atoms with van der Waals surface area (Å²) in [4.78, 5) is 37.1. The summed E-state index contributed by atoms with van der Waals surface area (Å²) in [7, 11) is 0. The van der Waals surface area contributed by atoms with Crippen molar-refractivity contribution in [3.05, 3.63) is 58.7 Å². The fourth-order valence-corrected chi connectivity index (χ4v) is 3.92. The van der Waals surface area contributed by atoms with Gasteiger partial charge in [-0.2, -0.15) is 0 Å². The highest BCUT2D eigenvalue weighted by Gasteiger charge is 2.46. The Bertz CT molecular complexity index is 1030. The average Bonchev–Trinajstić information content (AvgIpc) is 2.63. The maximum absolute atomic E-state index is 13.1. The van der Waals surface area contributed by atoms with Crippen molar-refractivity contribution in [1.82, 2.24) is 0 Å². The van der Waals surface area contributed by atoms with E-state index in [0.717, 1.165) is 10.8 Å². The standard InChI is InChI=1S/C21H18O6/c1-11(22)27-10-21(26)8-16-18(17(23)9-21)20(25)15-7-13-5-3-2-4-12(13)6-14(15)19(16)24/h2-7,17,23,26H,8-10H2,1H3/t17-,21?/m0/s1. The predicted octanol–water partition coefficient (Wildman–Crippen LogP) is 1.96. The zero-order chi connectivity index (χ0) is 19.3. The molecule has 2 aliphatic rings. The van der Waals surface area contributed by atoms with Crippen LogP contribution in [0.1, 0.15) is 40.5 Å². The zero-order valence-corrected chi connectivity index (χ0v) is 14.7. The number of hydrogen-bond donors (Lipinski definition) is 2. The van der Waals surface area contributed by atoms with E-state index in [-0.39, 0.29) is 47.5 Å². The normalized spacial score (nSPS) is 24.6. The number of esters is 1. The molecule has 0 heterocycles. The molecule has 0 saturated heterocycles. The first kappa shape index (κ1) is 17.6. The Labute approximate surface area is 155 Å². The second-order valence-corrected chi connectivity index (χ2v) is 7.20. The van der Waals surface area contributed by atoms with E-state index in [1.807, 2.05) is 24.3 Å². The third-order valence-electron chi connectivity index (χ3n) is 5.18. The van der Waals surface area contributed by atoms with Crippen LogP contribution in [-0.4, -0.2) is 46.1 Å². The first-order valence-corrected chi connectivity index (χ1v) is 8.68. The van der Waals surface area contributed by atoms with E-state index >= 15 is 0 Å². The van der Waals surface area contributed by atoms with Crippen LogP contribution < -0.4 is 0 Å². The molecule has 2 aromatic rings. The molecule has 0 fully saturated rings. The molecule has 0 aromatic heterocycles. The third-order valence-corrected chi connectivity index (χ3v) is 5.18. The Morgan fingerprint density at radius 3 is 2.33 bits per heavy atom. The summed E-state index contributed by atoms with van der Waals surface area (Å²) < 4.78 is 4.88. The maximum Gasteiger partial charge on any atom is 0.302 e. The molecule has 1 unspecified atom stereocenters. The van der Waals surface area contributed by atoms with Gasteiger partial charge in [-0.1, -0.05) is 24.3 Å². The van der Waals surface area contributed by atoms with E-state index in [2.05, 4.69) is 0 Å². The molecule has 2 atom stereocenters. The van der Waals surface area contributed by atoms with E-state index < -0.39 is 23.5 Å². The monoisotopic (exact) mass is 366 g/mol.